The summed E-state index contributed by atoms with van der Waals surface area (Å²) in [5.74, 6) is 0. The van der Waals surface area contributed by atoms with Gasteiger partial charge in [-0.05, 0) is 18.6 Å². The summed E-state index contributed by atoms with van der Waals surface area (Å²) >= 11 is 3.74. The minimum absolute atomic E-state index is 0.357. The molecule has 0 bridgehead atoms. The van der Waals surface area contributed by atoms with E-state index in [0.717, 1.165) is 16.8 Å². The minimum Gasteiger partial charge on any atom is -0.317 e. The molecule has 1 amide bonds. The van der Waals surface area contributed by atoms with Crippen molar-refractivity contribution >= 4 is 23.6 Å². The van der Waals surface area contributed by atoms with Crippen LogP contribution in [0.15, 0.2) is 48.5 Å². The Bertz CT molecular complexity index is 534. The quantitative estimate of drug-likeness (QED) is 0.763. The highest BCUT2D eigenvalue weighted by Crippen LogP contribution is 2.28. The third kappa shape index (κ3) is 2.88. The maximum atomic E-state index is 11.0. The summed E-state index contributed by atoms with van der Waals surface area (Å²) in [6.45, 7) is 2.05. The van der Waals surface area contributed by atoms with E-state index in [1.807, 2.05) is 43.3 Å². The van der Waals surface area contributed by atoms with E-state index in [1.54, 1.807) is 0 Å². The Kier molecular flexibility index (Phi) is 3.49. The van der Waals surface area contributed by atoms with E-state index >= 15 is 0 Å². The Morgan fingerprint density at radius 1 is 1.06 bits per heavy atom. The molecule has 0 radical (unpaired) electrons. The Balaban J connectivity index is 2.44. The largest absolute Gasteiger partial charge is 0.317 e. The standard InChI is InChI=1S/C14H13NOS/c1-10-6-8-11(9-7-10)12-4-2-3-5-13(12)15-14(16)17/h2-9H,1H3,(H2,15,16,17). The monoisotopic (exact) mass is 243 g/mol. The maximum absolute atomic E-state index is 11.0. The summed E-state index contributed by atoms with van der Waals surface area (Å²) in [4.78, 5) is 11.0. The van der Waals surface area contributed by atoms with Gasteiger partial charge in [0.2, 0.25) is 0 Å². The number of carbonyl (C=O) groups is 1. The van der Waals surface area contributed by atoms with E-state index < -0.39 is 0 Å². The summed E-state index contributed by atoms with van der Waals surface area (Å²) < 4.78 is 0. The van der Waals surface area contributed by atoms with Crippen LogP contribution in [0.4, 0.5) is 10.5 Å². The lowest BCUT2D eigenvalue weighted by atomic mass is 10.0. The minimum atomic E-state index is -0.357. The predicted molar refractivity (Wildman–Crippen MR) is 74.6 cm³/mol. The van der Waals surface area contributed by atoms with E-state index in [9.17, 15) is 4.79 Å². The molecule has 3 heteroatoms. The van der Waals surface area contributed by atoms with Crippen molar-refractivity contribution in [1.82, 2.24) is 0 Å². The van der Waals surface area contributed by atoms with Crippen molar-refractivity contribution in [1.29, 1.82) is 0 Å². The lowest BCUT2D eigenvalue weighted by molar-refractivity contribution is 0.270. The average molecular weight is 243 g/mol. The molecule has 2 aromatic rings. The molecule has 0 aliphatic carbocycles. The molecule has 0 aliphatic rings. The van der Waals surface area contributed by atoms with Crippen LogP contribution in [0.3, 0.4) is 0 Å². The highest BCUT2D eigenvalue weighted by atomic mass is 32.1. The van der Waals surface area contributed by atoms with Crippen molar-refractivity contribution in [3.8, 4) is 11.1 Å². The van der Waals surface area contributed by atoms with Crippen LogP contribution in [0.5, 0.6) is 0 Å². The molecule has 0 saturated heterocycles. The number of para-hydroxylation sites is 1. The number of anilines is 1. The smallest absolute Gasteiger partial charge is 0.280 e. The van der Waals surface area contributed by atoms with Gasteiger partial charge in [-0.2, -0.15) is 0 Å². The highest BCUT2D eigenvalue weighted by Gasteiger charge is 2.05. The molecule has 0 atom stereocenters. The van der Waals surface area contributed by atoms with E-state index in [0.29, 0.717) is 0 Å². The van der Waals surface area contributed by atoms with Crippen LogP contribution in [0, 0.1) is 6.92 Å². The number of aryl methyl sites for hydroxylation is 1. The summed E-state index contributed by atoms with van der Waals surface area (Å²) in [5, 5.41) is 2.35. The van der Waals surface area contributed by atoms with Gasteiger partial charge in [0.05, 0.1) is 0 Å². The third-order valence-corrected chi connectivity index (χ3v) is 2.64. The van der Waals surface area contributed by atoms with Crippen LogP contribution in [-0.4, -0.2) is 5.24 Å². The summed E-state index contributed by atoms with van der Waals surface area (Å²) in [6.07, 6.45) is 0. The first kappa shape index (κ1) is 11.7. The second-order valence-electron chi connectivity index (χ2n) is 3.84. The number of amides is 1. The van der Waals surface area contributed by atoms with Gasteiger partial charge in [-0.1, -0.05) is 60.7 Å². The van der Waals surface area contributed by atoms with Crippen LogP contribution >= 0.6 is 12.6 Å². The molecule has 1 N–H and O–H groups in total. The number of nitrogens with one attached hydrogen (secondary N) is 1. The molecule has 2 rings (SSSR count). The van der Waals surface area contributed by atoms with Crippen molar-refractivity contribution in [3.63, 3.8) is 0 Å². The summed E-state index contributed by atoms with van der Waals surface area (Å²) in [7, 11) is 0. The van der Waals surface area contributed by atoms with E-state index in [-0.39, 0.29) is 5.24 Å². The van der Waals surface area contributed by atoms with Gasteiger partial charge in [-0.25, -0.2) is 0 Å². The zero-order valence-electron chi connectivity index (χ0n) is 9.47. The summed E-state index contributed by atoms with van der Waals surface area (Å²) in [5.41, 5.74) is 4.06. The third-order valence-electron chi connectivity index (χ3n) is 2.53. The van der Waals surface area contributed by atoms with Crippen molar-refractivity contribution in [2.24, 2.45) is 0 Å². The second-order valence-corrected chi connectivity index (χ2v) is 4.25. The number of thiol groups is 1. The first-order valence-corrected chi connectivity index (χ1v) is 5.77. The van der Waals surface area contributed by atoms with Gasteiger partial charge >= 0.3 is 0 Å². The molecule has 0 unspecified atom stereocenters. The number of carbonyl (C=O) groups excluding carboxylic acids is 1. The Labute approximate surface area is 106 Å². The Morgan fingerprint density at radius 3 is 2.35 bits per heavy atom. The molecule has 2 aromatic carbocycles. The Hall–Kier alpha value is -1.74. The number of hydrogen-bond donors (Lipinski definition) is 2. The van der Waals surface area contributed by atoms with Crippen LogP contribution in [-0.2, 0) is 0 Å². The van der Waals surface area contributed by atoms with Crippen molar-refractivity contribution in [2.45, 2.75) is 6.92 Å². The highest BCUT2D eigenvalue weighted by molar-refractivity contribution is 7.96. The molecular weight excluding hydrogens is 230 g/mol. The first-order valence-electron chi connectivity index (χ1n) is 5.33. The number of benzene rings is 2. The van der Waals surface area contributed by atoms with Gasteiger partial charge in [-0.15, -0.1) is 0 Å². The molecule has 0 aromatic heterocycles. The van der Waals surface area contributed by atoms with Gasteiger partial charge in [0.1, 0.15) is 0 Å². The van der Waals surface area contributed by atoms with Crippen LogP contribution < -0.4 is 5.32 Å². The van der Waals surface area contributed by atoms with E-state index in [2.05, 4.69) is 30.1 Å². The normalized spacial score (nSPS) is 10.0. The SMILES string of the molecule is Cc1ccc(-c2ccccc2NC(=O)S)cc1. The van der Waals surface area contributed by atoms with Crippen molar-refractivity contribution < 1.29 is 4.79 Å². The number of rotatable bonds is 2. The fraction of sp³-hybridized carbons (Fsp3) is 0.0714. The van der Waals surface area contributed by atoms with E-state index in [1.165, 1.54) is 5.56 Å². The second kappa shape index (κ2) is 5.06. The molecule has 0 aliphatic heterocycles. The molecule has 0 spiro atoms. The molecule has 0 saturated carbocycles. The van der Waals surface area contributed by atoms with Crippen LogP contribution in [0.2, 0.25) is 0 Å². The topological polar surface area (TPSA) is 29.1 Å². The summed E-state index contributed by atoms with van der Waals surface area (Å²) in [6, 6.07) is 15.9. The molecule has 0 fully saturated rings. The molecule has 17 heavy (non-hydrogen) atoms. The molecule has 0 heterocycles. The van der Waals surface area contributed by atoms with Crippen molar-refractivity contribution in [3.05, 3.63) is 54.1 Å². The molecule has 2 nitrogen and oxygen atoms in total. The van der Waals surface area contributed by atoms with Gasteiger partial charge in [-0.3, -0.25) is 4.79 Å². The maximum Gasteiger partial charge on any atom is 0.280 e. The predicted octanol–water partition coefficient (Wildman–Crippen LogP) is 4.12. The Morgan fingerprint density at radius 2 is 1.71 bits per heavy atom. The van der Waals surface area contributed by atoms with Gasteiger partial charge in [0.25, 0.3) is 5.24 Å². The van der Waals surface area contributed by atoms with Gasteiger partial charge < -0.3 is 5.32 Å². The van der Waals surface area contributed by atoms with Crippen molar-refractivity contribution in [2.75, 3.05) is 5.32 Å². The zero-order valence-corrected chi connectivity index (χ0v) is 10.4. The average Bonchev–Trinajstić information content (AvgIpc) is 2.30. The lowest BCUT2D eigenvalue weighted by Crippen LogP contribution is -2.02. The lowest BCUT2D eigenvalue weighted by Gasteiger charge is -2.09. The van der Waals surface area contributed by atoms with Gasteiger partial charge in [0, 0.05) is 11.3 Å². The zero-order chi connectivity index (χ0) is 12.3. The number of hydrogen-bond acceptors (Lipinski definition) is 1. The van der Waals surface area contributed by atoms with Gasteiger partial charge in [0.15, 0.2) is 0 Å². The van der Waals surface area contributed by atoms with Crippen LogP contribution in [0.25, 0.3) is 11.1 Å². The fourth-order valence-electron chi connectivity index (χ4n) is 1.69. The fourth-order valence-corrected chi connectivity index (χ4v) is 1.81. The molecule has 86 valence electrons. The molecular formula is C14H13NOS. The first-order chi connectivity index (χ1) is 8.16. The van der Waals surface area contributed by atoms with E-state index in [4.69, 9.17) is 0 Å². The van der Waals surface area contributed by atoms with Crippen LogP contribution in [0.1, 0.15) is 5.56 Å².